The molecule has 0 unspecified atom stereocenters. The summed E-state index contributed by atoms with van der Waals surface area (Å²) in [5, 5.41) is 7.30. The van der Waals surface area contributed by atoms with E-state index in [9.17, 15) is 9.59 Å². The van der Waals surface area contributed by atoms with Crippen LogP contribution in [0.2, 0.25) is 0 Å². The van der Waals surface area contributed by atoms with E-state index in [0.29, 0.717) is 18.8 Å². The highest BCUT2D eigenvalue weighted by Gasteiger charge is 2.50. The third kappa shape index (κ3) is 3.57. The van der Waals surface area contributed by atoms with E-state index in [1.165, 1.54) is 0 Å². The number of amides is 2. The third-order valence-electron chi connectivity index (χ3n) is 6.57. The Morgan fingerprint density at radius 1 is 1.23 bits per heavy atom. The summed E-state index contributed by atoms with van der Waals surface area (Å²) in [5.74, 6) is 0.865. The van der Waals surface area contributed by atoms with Crippen molar-refractivity contribution in [3.63, 3.8) is 0 Å². The Labute approximate surface area is 177 Å². The largest absolute Gasteiger partial charge is 0.494 e. The average molecular weight is 411 g/mol. The Bertz CT molecular complexity index is 923. The first-order valence-corrected chi connectivity index (χ1v) is 10.8. The Morgan fingerprint density at radius 2 is 2.00 bits per heavy atom. The molecule has 0 radical (unpaired) electrons. The topological polar surface area (TPSA) is 78.5 Å². The minimum atomic E-state index is -0.344. The molecule has 2 fully saturated rings. The predicted molar refractivity (Wildman–Crippen MR) is 114 cm³/mol. The number of hydrogen-bond donors (Lipinski definition) is 1. The molecule has 3 heterocycles. The summed E-state index contributed by atoms with van der Waals surface area (Å²) >= 11 is 0. The summed E-state index contributed by atoms with van der Waals surface area (Å²) in [7, 11) is 0. The maximum Gasteiger partial charge on any atom is 0.272 e. The van der Waals surface area contributed by atoms with Gasteiger partial charge in [0.25, 0.3) is 5.91 Å². The van der Waals surface area contributed by atoms with Crippen LogP contribution < -0.4 is 4.74 Å². The maximum absolute atomic E-state index is 13.5. The Kier molecular flexibility index (Phi) is 5.54. The predicted octanol–water partition coefficient (Wildman–Crippen LogP) is 3.48. The minimum absolute atomic E-state index is 0.0442. The van der Waals surface area contributed by atoms with Crippen molar-refractivity contribution in [2.75, 3.05) is 19.7 Å². The van der Waals surface area contributed by atoms with E-state index in [-0.39, 0.29) is 23.4 Å². The molecular formula is C23H30N4O3. The minimum Gasteiger partial charge on any atom is -0.494 e. The van der Waals surface area contributed by atoms with E-state index in [0.717, 1.165) is 49.2 Å². The molecule has 0 spiro atoms. The molecule has 0 saturated carbocycles. The standard InChI is InChI=1S/C23H30N4O3/c1-4-30-18-10-8-17(9-11-18)19-15-20(25-24-19)22(29)27-14-5-7-21-23(27,3)12-6-13-26(21)16(2)28/h8-11,15,21H,4-7,12-14H2,1-3H3,(H,24,25)/t21-,23-/m0/s1. The molecule has 0 aliphatic carbocycles. The highest BCUT2D eigenvalue weighted by Crippen LogP contribution is 2.40. The first-order chi connectivity index (χ1) is 14.4. The molecule has 2 aliphatic rings. The van der Waals surface area contributed by atoms with E-state index in [2.05, 4.69) is 17.1 Å². The SMILES string of the molecule is CCOc1ccc(-c2cc(C(=O)N3CCC[C@@H]4N(C(C)=O)CCC[C@@]43C)[nH]n2)cc1. The summed E-state index contributed by atoms with van der Waals surface area (Å²) in [6, 6.07) is 9.60. The lowest BCUT2D eigenvalue weighted by molar-refractivity contribution is -0.140. The van der Waals surface area contributed by atoms with Gasteiger partial charge < -0.3 is 14.5 Å². The van der Waals surface area contributed by atoms with Gasteiger partial charge in [-0.05, 0) is 69.9 Å². The average Bonchev–Trinajstić information content (AvgIpc) is 3.23. The number of likely N-dealkylation sites (tertiary alicyclic amines) is 2. The van der Waals surface area contributed by atoms with Crippen molar-refractivity contribution in [3.8, 4) is 17.0 Å². The van der Waals surface area contributed by atoms with Crippen LogP contribution in [-0.4, -0.2) is 63.1 Å². The van der Waals surface area contributed by atoms with Gasteiger partial charge in [0.1, 0.15) is 11.4 Å². The molecule has 0 bridgehead atoms. The van der Waals surface area contributed by atoms with Gasteiger partial charge in [-0.2, -0.15) is 5.10 Å². The second-order valence-corrected chi connectivity index (χ2v) is 8.41. The van der Waals surface area contributed by atoms with Crippen molar-refractivity contribution < 1.29 is 14.3 Å². The molecular weight excluding hydrogens is 380 g/mol. The van der Waals surface area contributed by atoms with Gasteiger partial charge in [0.2, 0.25) is 5.91 Å². The fourth-order valence-corrected chi connectivity index (χ4v) is 5.07. The summed E-state index contributed by atoms with van der Waals surface area (Å²) in [6.45, 7) is 7.82. The summed E-state index contributed by atoms with van der Waals surface area (Å²) in [5.41, 5.74) is 1.80. The van der Waals surface area contributed by atoms with Gasteiger partial charge in [-0.15, -0.1) is 0 Å². The lowest BCUT2D eigenvalue weighted by Gasteiger charge is -2.56. The van der Waals surface area contributed by atoms with E-state index < -0.39 is 0 Å². The lowest BCUT2D eigenvalue weighted by Crippen LogP contribution is -2.68. The number of nitrogens with one attached hydrogen (secondary N) is 1. The molecule has 2 saturated heterocycles. The van der Waals surface area contributed by atoms with Crippen LogP contribution in [0.3, 0.4) is 0 Å². The van der Waals surface area contributed by atoms with Gasteiger partial charge in [0.05, 0.1) is 23.9 Å². The van der Waals surface area contributed by atoms with Crippen LogP contribution in [0.1, 0.15) is 56.9 Å². The second kappa shape index (κ2) is 8.13. The molecule has 1 aromatic carbocycles. The van der Waals surface area contributed by atoms with Crippen molar-refractivity contribution >= 4 is 11.8 Å². The van der Waals surface area contributed by atoms with Gasteiger partial charge in [-0.1, -0.05) is 0 Å². The van der Waals surface area contributed by atoms with Crippen molar-refractivity contribution in [2.45, 2.75) is 58.0 Å². The zero-order valence-corrected chi connectivity index (χ0v) is 18.0. The molecule has 2 amide bonds. The second-order valence-electron chi connectivity index (χ2n) is 8.41. The van der Waals surface area contributed by atoms with Crippen LogP contribution in [0, 0.1) is 0 Å². The van der Waals surface area contributed by atoms with Crippen LogP contribution in [0.15, 0.2) is 30.3 Å². The zero-order chi connectivity index (χ0) is 21.3. The molecule has 4 rings (SSSR count). The van der Waals surface area contributed by atoms with Crippen molar-refractivity contribution in [2.24, 2.45) is 0 Å². The molecule has 2 atom stereocenters. The van der Waals surface area contributed by atoms with Crippen LogP contribution in [-0.2, 0) is 4.79 Å². The highest BCUT2D eigenvalue weighted by molar-refractivity contribution is 5.94. The van der Waals surface area contributed by atoms with E-state index in [4.69, 9.17) is 4.74 Å². The number of fused-ring (bicyclic) bond motifs is 1. The number of benzene rings is 1. The summed E-state index contributed by atoms with van der Waals surface area (Å²) in [6.07, 6.45) is 3.67. The normalized spacial score (nSPS) is 23.8. The number of carbonyl (C=O) groups excluding carboxylic acids is 2. The third-order valence-corrected chi connectivity index (χ3v) is 6.57. The fourth-order valence-electron chi connectivity index (χ4n) is 5.07. The smallest absolute Gasteiger partial charge is 0.272 e. The van der Waals surface area contributed by atoms with Gasteiger partial charge in [0.15, 0.2) is 0 Å². The molecule has 1 aromatic heterocycles. The van der Waals surface area contributed by atoms with Crippen molar-refractivity contribution in [1.82, 2.24) is 20.0 Å². The highest BCUT2D eigenvalue weighted by atomic mass is 16.5. The number of rotatable bonds is 4. The summed E-state index contributed by atoms with van der Waals surface area (Å²) in [4.78, 5) is 29.5. The Morgan fingerprint density at radius 3 is 2.70 bits per heavy atom. The van der Waals surface area contributed by atoms with Crippen molar-refractivity contribution in [3.05, 3.63) is 36.0 Å². The zero-order valence-electron chi connectivity index (χ0n) is 18.0. The van der Waals surface area contributed by atoms with Gasteiger partial charge in [0, 0.05) is 25.6 Å². The number of ether oxygens (including phenoxy) is 1. The van der Waals surface area contributed by atoms with E-state index >= 15 is 0 Å². The monoisotopic (exact) mass is 410 g/mol. The van der Waals surface area contributed by atoms with E-state index in [1.807, 2.05) is 47.1 Å². The van der Waals surface area contributed by atoms with E-state index in [1.54, 1.807) is 6.92 Å². The fraction of sp³-hybridized carbons (Fsp3) is 0.522. The molecule has 7 heteroatoms. The summed E-state index contributed by atoms with van der Waals surface area (Å²) < 4.78 is 5.49. The molecule has 1 N–H and O–H groups in total. The number of H-pyrrole nitrogens is 1. The van der Waals surface area contributed by atoms with Gasteiger partial charge in [-0.25, -0.2) is 0 Å². The lowest BCUT2D eigenvalue weighted by atomic mass is 9.76. The number of hydrogen-bond acceptors (Lipinski definition) is 4. The van der Waals surface area contributed by atoms with Crippen LogP contribution in [0.4, 0.5) is 0 Å². The first-order valence-electron chi connectivity index (χ1n) is 10.8. The molecule has 2 aliphatic heterocycles. The van der Waals surface area contributed by atoms with Crippen LogP contribution >= 0.6 is 0 Å². The number of nitrogens with zero attached hydrogens (tertiary/aromatic N) is 3. The van der Waals surface area contributed by atoms with Crippen LogP contribution in [0.5, 0.6) is 5.75 Å². The molecule has 2 aromatic rings. The first kappa shape index (κ1) is 20.4. The molecule has 160 valence electrons. The quantitative estimate of drug-likeness (QED) is 0.837. The van der Waals surface area contributed by atoms with Gasteiger partial charge in [-0.3, -0.25) is 14.7 Å². The number of carbonyl (C=O) groups is 2. The van der Waals surface area contributed by atoms with Gasteiger partial charge >= 0.3 is 0 Å². The number of aromatic amines is 1. The molecule has 30 heavy (non-hydrogen) atoms. The number of piperidine rings is 2. The van der Waals surface area contributed by atoms with Crippen molar-refractivity contribution in [1.29, 1.82) is 0 Å². The Hall–Kier alpha value is -2.83. The van der Waals surface area contributed by atoms with Crippen LogP contribution in [0.25, 0.3) is 11.3 Å². The number of aromatic nitrogens is 2. The maximum atomic E-state index is 13.5. The Balaban J connectivity index is 1.56. The molecule has 7 nitrogen and oxygen atoms in total.